The summed E-state index contributed by atoms with van der Waals surface area (Å²) in [6.07, 6.45) is 1.92. The number of ether oxygens (including phenoxy) is 2. The Morgan fingerprint density at radius 3 is 2.05 bits per heavy atom. The molecule has 0 spiro atoms. The molecule has 1 atom stereocenters. The lowest BCUT2D eigenvalue weighted by Gasteiger charge is -2.22. The maximum atomic E-state index is 14.1. The number of aliphatic hydroxyl groups excluding tert-OH is 1. The Morgan fingerprint density at radius 1 is 0.974 bits per heavy atom. The van der Waals surface area contributed by atoms with Crippen LogP contribution in [0, 0.1) is 11.6 Å². The molecule has 1 aromatic heterocycles. The van der Waals surface area contributed by atoms with Crippen LogP contribution in [0.15, 0.2) is 50.7 Å². The number of aliphatic hydroxyl groups is 1. The molecule has 2 N–H and O–H groups in total. The molecule has 0 bridgehead atoms. The molecule has 0 aliphatic heterocycles. The Balaban J connectivity index is 2.64. The SMILES string of the molecule is COc1c(-c2ccc(F)c(F)c2)oc2c(CC=C(C)C)c(C(O)C(=O)O)c(CC=C(C)C)c(OC)c2c1=O. The quantitative estimate of drug-likeness (QED) is 0.334. The number of carboxylic acids is 1. The third-order valence-electron chi connectivity index (χ3n) is 6.02. The van der Waals surface area contributed by atoms with Crippen molar-refractivity contribution >= 4 is 16.9 Å². The first-order chi connectivity index (χ1) is 17.9. The maximum absolute atomic E-state index is 14.1. The molecule has 38 heavy (non-hydrogen) atoms. The predicted molar refractivity (Wildman–Crippen MR) is 140 cm³/mol. The van der Waals surface area contributed by atoms with Crippen molar-refractivity contribution < 1.29 is 37.7 Å². The first-order valence-electron chi connectivity index (χ1n) is 11.8. The van der Waals surface area contributed by atoms with Gasteiger partial charge in [0.1, 0.15) is 16.7 Å². The van der Waals surface area contributed by atoms with Crippen molar-refractivity contribution in [3.8, 4) is 22.8 Å². The van der Waals surface area contributed by atoms with Crippen molar-refractivity contribution in [3.63, 3.8) is 0 Å². The summed E-state index contributed by atoms with van der Waals surface area (Å²) in [6, 6.07) is 2.99. The number of methoxy groups -OCH3 is 2. The first-order valence-corrected chi connectivity index (χ1v) is 11.8. The van der Waals surface area contributed by atoms with Gasteiger partial charge in [-0.05, 0) is 58.7 Å². The average Bonchev–Trinajstić information content (AvgIpc) is 2.86. The van der Waals surface area contributed by atoms with Crippen LogP contribution in [0.1, 0.15) is 50.5 Å². The molecule has 202 valence electrons. The zero-order chi connectivity index (χ0) is 28.3. The fourth-order valence-electron chi connectivity index (χ4n) is 4.22. The molecule has 0 radical (unpaired) electrons. The molecule has 0 aliphatic rings. The number of carboxylic acid groups (broad SMARTS) is 1. The number of fused-ring (bicyclic) bond motifs is 1. The van der Waals surface area contributed by atoms with Crippen molar-refractivity contribution in [2.24, 2.45) is 0 Å². The highest BCUT2D eigenvalue weighted by atomic mass is 19.2. The van der Waals surface area contributed by atoms with Gasteiger partial charge < -0.3 is 24.1 Å². The maximum Gasteiger partial charge on any atom is 0.337 e. The van der Waals surface area contributed by atoms with Crippen molar-refractivity contribution in [2.75, 3.05) is 14.2 Å². The predicted octanol–water partition coefficient (Wildman–Crippen LogP) is 5.89. The Labute approximate surface area is 218 Å². The van der Waals surface area contributed by atoms with Gasteiger partial charge in [-0.15, -0.1) is 0 Å². The number of benzene rings is 2. The van der Waals surface area contributed by atoms with Crippen LogP contribution in [-0.2, 0) is 17.6 Å². The molecule has 7 nitrogen and oxygen atoms in total. The lowest BCUT2D eigenvalue weighted by Crippen LogP contribution is -2.19. The van der Waals surface area contributed by atoms with Crippen LogP contribution in [0.3, 0.4) is 0 Å². The van der Waals surface area contributed by atoms with Crippen molar-refractivity contribution in [3.05, 3.63) is 80.0 Å². The van der Waals surface area contributed by atoms with E-state index in [1.807, 2.05) is 33.8 Å². The summed E-state index contributed by atoms with van der Waals surface area (Å²) >= 11 is 0. The largest absolute Gasteiger partial charge is 0.496 e. The normalized spacial score (nSPS) is 11.7. The van der Waals surface area contributed by atoms with Gasteiger partial charge in [-0.25, -0.2) is 13.6 Å². The first kappa shape index (κ1) is 28.6. The average molecular weight is 529 g/mol. The summed E-state index contributed by atoms with van der Waals surface area (Å²) in [5, 5.41) is 20.6. The van der Waals surface area contributed by atoms with Crippen molar-refractivity contribution in [2.45, 2.75) is 46.6 Å². The lowest BCUT2D eigenvalue weighted by molar-refractivity contribution is -0.147. The number of rotatable bonds is 9. The summed E-state index contributed by atoms with van der Waals surface area (Å²) in [5.74, 6) is -4.17. The minimum atomic E-state index is -1.96. The van der Waals surface area contributed by atoms with Gasteiger partial charge in [0.2, 0.25) is 11.2 Å². The molecule has 3 aromatic rings. The zero-order valence-corrected chi connectivity index (χ0v) is 22.1. The highest BCUT2D eigenvalue weighted by Gasteiger charge is 2.32. The molecule has 0 fully saturated rings. The lowest BCUT2D eigenvalue weighted by atomic mass is 9.88. The second-order valence-electron chi connectivity index (χ2n) is 9.24. The van der Waals surface area contributed by atoms with Gasteiger partial charge in [0, 0.05) is 22.3 Å². The second-order valence-corrected chi connectivity index (χ2v) is 9.24. The van der Waals surface area contributed by atoms with E-state index < -0.39 is 29.1 Å². The summed E-state index contributed by atoms with van der Waals surface area (Å²) in [6.45, 7) is 7.40. The van der Waals surface area contributed by atoms with E-state index in [0.29, 0.717) is 5.56 Å². The second kappa shape index (κ2) is 11.6. The fourth-order valence-corrected chi connectivity index (χ4v) is 4.22. The summed E-state index contributed by atoms with van der Waals surface area (Å²) in [5.41, 5.74) is 1.72. The van der Waals surface area contributed by atoms with Crippen LogP contribution < -0.4 is 14.9 Å². The third-order valence-corrected chi connectivity index (χ3v) is 6.02. The Morgan fingerprint density at radius 2 is 1.55 bits per heavy atom. The smallest absolute Gasteiger partial charge is 0.337 e. The highest BCUT2D eigenvalue weighted by Crippen LogP contribution is 2.42. The Hall–Kier alpha value is -3.98. The van der Waals surface area contributed by atoms with Crippen molar-refractivity contribution in [1.29, 1.82) is 0 Å². The van der Waals surface area contributed by atoms with Crippen LogP contribution in [0.25, 0.3) is 22.3 Å². The summed E-state index contributed by atoms with van der Waals surface area (Å²) < 4.78 is 44.9. The molecular formula is C29H30F2O7. The van der Waals surface area contributed by atoms with Gasteiger partial charge in [0.15, 0.2) is 23.5 Å². The van der Waals surface area contributed by atoms with Gasteiger partial charge in [-0.1, -0.05) is 23.3 Å². The molecule has 0 amide bonds. The van der Waals surface area contributed by atoms with Crippen LogP contribution in [0.2, 0.25) is 0 Å². The van der Waals surface area contributed by atoms with Crippen LogP contribution >= 0.6 is 0 Å². The molecule has 0 aliphatic carbocycles. The number of hydrogen-bond donors (Lipinski definition) is 2. The Bertz CT molecular complexity index is 1510. The number of aliphatic carboxylic acids is 1. The van der Waals surface area contributed by atoms with Crippen molar-refractivity contribution in [1.82, 2.24) is 0 Å². The molecule has 3 rings (SSSR count). The minimum Gasteiger partial charge on any atom is -0.496 e. The Kier molecular flexibility index (Phi) is 8.73. The molecule has 0 saturated heterocycles. The van der Waals surface area contributed by atoms with Crippen LogP contribution in [0.5, 0.6) is 11.5 Å². The molecule has 2 aromatic carbocycles. The van der Waals surface area contributed by atoms with Gasteiger partial charge in [-0.3, -0.25) is 4.79 Å². The summed E-state index contributed by atoms with van der Waals surface area (Å²) in [7, 11) is 2.56. The number of carbonyl (C=O) groups is 1. The standard InChI is InChI=1S/C29H30F2O7/c1-14(2)7-10-17-21(24(33)29(34)35)18(11-8-15(3)4)27-22(26(17)36-5)23(32)28(37-6)25(38-27)16-9-12-19(30)20(31)13-16/h7-9,12-13,24,33H,10-11H2,1-6H3,(H,34,35). The van der Waals surface area contributed by atoms with E-state index in [0.717, 1.165) is 23.3 Å². The number of halogens is 2. The minimum absolute atomic E-state index is 0.0219. The van der Waals surface area contributed by atoms with E-state index >= 15 is 0 Å². The van der Waals surface area contributed by atoms with E-state index in [4.69, 9.17) is 13.9 Å². The van der Waals surface area contributed by atoms with Gasteiger partial charge in [-0.2, -0.15) is 0 Å². The van der Waals surface area contributed by atoms with Crippen LogP contribution in [-0.4, -0.2) is 30.4 Å². The zero-order valence-electron chi connectivity index (χ0n) is 22.1. The number of hydrogen-bond acceptors (Lipinski definition) is 6. The fraction of sp³-hybridized carbons (Fsp3) is 0.310. The molecule has 1 unspecified atom stereocenters. The molecule has 9 heteroatoms. The van der Waals surface area contributed by atoms with Gasteiger partial charge in [0.05, 0.1) is 14.2 Å². The van der Waals surface area contributed by atoms with Crippen LogP contribution in [0.4, 0.5) is 8.78 Å². The molecule has 0 saturated carbocycles. The third kappa shape index (κ3) is 5.47. The van der Waals surface area contributed by atoms with E-state index in [9.17, 15) is 28.6 Å². The molecule has 1 heterocycles. The summed E-state index contributed by atoms with van der Waals surface area (Å²) in [4.78, 5) is 25.9. The van der Waals surface area contributed by atoms with E-state index in [1.165, 1.54) is 20.3 Å². The van der Waals surface area contributed by atoms with E-state index in [-0.39, 0.29) is 57.8 Å². The molecular weight excluding hydrogens is 498 g/mol. The highest BCUT2D eigenvalue weighted by molar-refractivity contribution is 5.94. The van der Waals surface area contributed by atoms with E-state index in [1.54, 1.807) is 6.08 Å². The topological polar surface area (TPSA) is 106 Å². The monoisotopic (exact) mass is 528 g/mol. The van der Waals surface area contributed by atoms with E-state index in [2.05, 4.69) is 0 Å². The van der Waals surface area contributed by atoms with Gasteiger partial charge >= 0.3 is 5.97 Å². The van der Waals surface area contributed by atoms with Gasteiger partial charge in [0.25, 0.3) is 0 Å². The number of allylic oxidation sites excluding steroid dienone is 4.